The number of carbonyl (C=O) groups is 2. The fourth-order valence-electron chi connectivity index (χ4n) is 1.86. The van der Waals surface area contributed by atoms with Crippen molar-refractivity contribution in [2.75, 3.05) is 37.0 Å². The predicted molar refractivity (Wildman–Crippen MR) is 64.2 cm³/mol. The van der Waals surface area contributed by atoms with E-state index in [0.717, 1.165) is 11.4 Å². The number of carbonyl (C=O) groups excluding carboxylic acids is 2. The van der Waals surface area contributed by atoms with Gasteiger partial charge in [-0.3, -0.25) is 9.59 Å². The summed E-state index contributed by atoms with van der Waals surface area (Å²) in [5, 5.41) is 2.77. The van der Waals surface area contributed by atoms with E-state index in [-0.39, 0.29) is 31.4 Å². The van der Waals surface area contributed by atoms with Gasteiger partial charge in [0.25, 0.3) is 0 Å². The molecule has 17 heavy (non-hydrogen) atoms. The predicted octanol–water partition coefficient (Wildman–Crippen LogP) is 0.661. The first-order valence-corrected chi connectivity index (χ1v) is 5.35. The van der Waals surface area contributed by atoms with Crippen LogP contribution in [0.15, 0.2) is 24.3 Å². The van der Waals surface area contributed by atoms with E-state index < -0.39 is 0 Å². The molecule has 5 heteroatoms. The molecule has 1 aromatic carbocycles. The second kappa shape index (κ2) is 4.97. The summed E-state index contributed by atoms with van der Waals surface area (Å²) < 4.78 is 4.78. The summed E-state index contributed by atoms with van der Waals surface area (Å²) in [7, 11) is 1.48. The minimum atomic E-state index is -0.103. The van der Waals surface area contributed by atoms with E-state index in [2.05, 4.69) is 5.32 Å². The molecule has 1 aliphatic rings. The van der Waals surface area contributed by atoms with E-state index in [0.29, 0.717) is 0 Å². The van der Waals surface area contributed by atoms with Crippen LogP contribution < -0.4 is 10.2 Å². The number of anilines is 2. The highest BCUT2D eigenvalue weighted by atomic mass is 16.5. The van der Waals surface area contributed by atoms with Crippen molar-refractivity contribution < 1.29 is 14.3 Å². The Morgan fingerprint density at radius 1 is 1.47 bits per heavy atom. The van der Waals surface area contributed by atoms with Gasteiger partial charge in [0.2, 0.25) is 5.91 Å². The lowest BCUT2D eigenvalue weighted by Crippen LogP contribution is -2.41. The smallest absolute Gasteiger partial charge is 0.243 e. The SMILES string of the molecule is COCC(=O)CN1CC(=O)Nc2ccccc21. The first kappa shape index (κ1) is 11.6. The van der Waals surface area contributed by atoms with Crippen LogP contribution in [0.3, 0.4) is 0 Å². The van der Waals surface area contributed by atoms with Crippen LogP contribution in [-0.4, -0.2) is 38.5 Å². The molecular formula is C12H14N2O3. The van der Waals surface area contributed by atoms with Gasteiger partial charge in [0.15, 0.2) is 5.78 Å². The van der Waals surface area contributed by atoms with Crippen LogP contribution in [0, 0.1) is 0 Å². The molecule has 0 unspecified atom stereocenters. The van der Waals surface area contributed by atoms with Crippen molar-refractivity contribution in [3.8, 4) is 0 Å². The zero-order chi connectivity index (χ0) is 12.3. The number of methoxy groups -OCH3 is 1. The lowest BCUT2D eigenvalue weighted by atomic mass is 10.2. The highest BCUT2D eigenvalue weighted by Crippen LogP contribution is 2.28. The van der Waals surface area contributed by atoms with Gasteiger partial charge < -0.3 is 15.0 Å². The standard InChI is InChI=1S/C12H14N2O3/c1-17-8-9(15)6-14-7-12(16)13-10-4-2-3-5-11(10)14/h2-5H,6-8H2,1H3,(H,13,16). The second-order valence-electron chi connectivity index (χ2n) is 3.89. The molecular weight excluding hydrogens is 220 g/mol. The first-order valence-electron chi connectivity index (χ1n) is 5.35. The quantitative estimate of drug-likeness (QED) is 0.831. The topological polar surface area (TPSA) is 58.6 Å². The van der Waals surface area contributed by atoms with Gasteiger partial charge in [-0.25, -0.2) is 0 Å². The van der Waals surface area contributed by atoms with Gasteiger partial charge in [0.05, 0.1) is 24.5 Å². The molecule has 1 amide bonds. The third kappa shape index (κ3) is 2.62. The number of ether oxygens (including phenoxy) is 1. The normalized spacial score (nSPS) is 14.2. The summed E-state index contributed by atoms with van der Waals surface area (Å²) in [5.74, 6) is -0.147. The summed E-state index contributed by atoms with van der Waals surface area (Å²) in [6.07, 6.45) is 0. The molecule has 0 spiro atoms. The number of para-hydroxylation sites is 2. The zero-order valence-electron chi connectivity index (χ0n) is 9.60. The van der Waals surface area contributed by atoms with Crippen molar-refractivity contribution in [1.29, 1.82) is 0 Å². The van der Waals surface area contributed by atoms with Crippen LogP contribution >= 0.6 is 0 Å². The zero-order valence-corrected chi connectivity index (χ0v) is 9.60. The number of amides is 1. The fourth-order valence-corrected chi connectivity index (χ4v) is 1.86. The van der Waals surface area contributed by atoms with Crippen LogP contribution in [-0.2, 0) is 14.3 Å². The van der Waals surface area contributed by atoms with E-state index in [1.807, 2.05) is 24.3 Å². The van der Waals surface area contributed by atoms with Crippen molar-refractivity contribution in [2.45, 2.75) is 0 Å². The number of hydrogen-bond acceptors (Lipinski definition) is 4. The summed E-state index contributed by atoms with van der Waals surface area (Å²) >= 11 is 0. The Balaban J connectivity index is 2.18. The van der Waals surface area contributed by atoms with Gasteiger partial charge in [-0.15, -0.1) is 0 Å². The lowest BCUT2D eigenvalue weighted by Gasteiger charge is -2.30. The Morgan fingerprint density at radius 3 is 3.00 bits per heavy atom. The first-order chi connectivity index (χ1) is 8.20. The molecule has 1 heterocycles. The van der Waals surface area contributed by atoms with Crippen molar-refractivity contribution in [2.24, 2.45) is 0 Å². The van der Waals surface area contributed by atoms with Gasteiger partial charge in [0, 0.05) is 7.11 Å². The summed E-state index contributed by atoms with van der Waals surface area (Å²) in [6, 6.07) is 7.43. The number of nitrogens with zero attached hydrogens (tertiary/aromatic N) is 1. The average molecular weight is 234 g/mol. The second-order valence-corrected chi connectivity index (χ2v) is 3.89. The molecule has 5 nitrogen and oxygen atoms in total. The summed E-state index contributed by atoms with van der Waals surface area (Å²) in [5.41, 5.74) is 1.62. The minimum absolute atomic E-state index is 0.0444. The monoisotopic (exact) mass is 234 g/mol. The van der Waals surface area contributed by atoms with E-state index in [9.17, 15) is 9.59 Å². The Labute approximate surface area is 99.4 Å². The maximum Gasteiger partial charge on any atom is 0.243 e. The number of nitrogens with one attached hydrogen (secondary N) is 1. The number of ketones is 1. The van der Waals surface area contributed by atoms with E-state index in [4.69, 9.17) is 4.74 Å². The van der Waals surface area contributed by atoms with E-state index in [1.54, 1.807) is 4.90 Å². The van der Waals surface area contributed by atoms with Gasteiger partial charge in [-0.1, -0.05) is 12.1 Å². The van der Waals surface area contributed by atoms with Gasteiger partial charge in [0.1, 0.15) is 6.61 Å². The summed E-state index contributed by atoms with van der Waals surface area (Å²) in [6.45, 7) is 0.463. The molecule has 1 aliphatic heterocycles. The van der Waals surface area contributed by atoms with E-state index in [1.165, 1.54) is 7.11 Å². The number of rotatable bonds is 4. The van der Waals surface area contributed by atoms with Crippen molar-refractivity contribution in [1.82, 2.24) is 0 Å². The molecule has 0 bridgehead atoms. The molecule has 0 saturated carbocycles. The van der Waals surface area contributed by atoms with Gasteiger partial charge >= 0.3 is 0 Å². The van der Waals surface area contributed by atoms with Crippen LogP contribution in [0.5, 0.6) is 0 Å². The van der Waals surface area contributed by atoms with Crippen molar-refractivity contribution in [3.63, 3.8) is 0 Å². The third-order valence-electron chi connectivity index (χ3n) is 2.53. The van der Waals surface area contributed by atoms with E-state index >= 15 is 0 Å². The number of hydrogen-bond donors (Lipinski definition) is 1. The molecule has 1 aromatic rings. The molecule has 0 fully saturated rings. The largest absolute Gasteiger partial charge is 0.377 e. The molecule has 2 rings (SSSR count). The molecule has 1 N–H and O–H groups in total. The van der Waals surface area contributed by atoms with Crippen LogP contribution in [0.4, 0.5) is 11.4 Å². The highest BCUT2D eigenvalue weighted by Gasteiger charge is 2.22. The summed E-state index contributed by atoms with van der Waals surface area (Å²) in [4.78, 5) is 24.8. The van der Waals surface area contributed by atoms with Gasteiger partial charge in [-0.05, 0) is 12.1 Å². The Morgan fingerprint density at radius 2 is 2.24 bits per heavy atom. The maximum absolute atomic E-state index is 11.5. The molecule has 0 saturated heterocycles. The Kier molecular flexibility index (Phi) is 3.39. The van der Waals surface area contributed by atoms with Crippen LogP contribution in [0.2, 0.25) is 0 Å². The minimum Gasteiger partial charge on any atom is -0.377 e. The highest BCUT2D eigenvalue weighted by molar-refractivity contribution is 6.02. The molecule has 0 aliphatic carbocycles. The Bertz CT molecular complexity index is 445. The number of Topliss-reactive ketones (excluding diaryl/α,β-unsaturated/α-hetero) is 1. The molecule has 0 radical (unpaired) electrons. The lowest BCUT2D eigenvalue weighted by molar-refractivity contribution is -0.121. The third-order valence-corrected chi connectivity index (χ3v) is 2.53. The molecule has 90 valence electrons. The van der Waals surface area contributed by atoms with Gasteiger partial charge in [-0.2, -0.15) is 0 Å². The Hall–Kier alpha value is -1.88. The van der Waals surface area contributed by atoms with Crippen molar-refractivity contribution >= 4 is 23.1 Å². The molecule has 0 aromatic heterocycles. The average Bonchev–Trinajstić information content (AvgIpc) is 2.29. The number of benzene rings is 1. The number of fused-ring (bicyclic) bond motifs is 1. The van der Waals surface area contributed by atoms with Crippen LogP contribution in [0.25, 0.3) is 0 Å². The maximum atomic E-state index is 11.5. The van der Waals surface area contributed by atoms with Crippen molar-refractivity contribution in [3.05, 3.63) is 24.3 Å². The fraction of sp³-hybridized carbons (Fsp3) is 0.333. The van der Waals surface area contributed by atoms with Crippen LogP contribution in [0.1, 0.15) is 0 Å². The molecule has 0 atom stereocenters.